The highest BCUT2D eigenvalue weighted by Crippen LogP contribution is 2.57. The quantitative estimate of drug-likeness (QED) is 0.898. The molecule has 2 saturated carbocycles. The largest absolute Gasteiger partial charge is 0.416 e. The molecule has 4 atom stereocenters. The first kappa shape index (κ1) is 15.3. The van der Waals surface area contributed by atoms with Gasteiger partial charge in [-0.3, -0.25) is 4.79 Å². The normalized spacial score (nSPS) is 28.1. The van der Waals surface area contributed by atoms with Crippen LogP contribution in [0.25, 0.3) is 0 Å². The first-order valence-electron chi connectivity index (χ1n) is 7.51. The molecule has 2 aliphatic carbocycles. The zero-order valence-corrected chi connectivity index (χ0v) is 11.9. The van der Waals surface area contributed by atoms with Gasteiger partial charge in [-0.25, -0.2) is 0 Å². The van der Waals surface area contributed by atoms with Crippen LogP contribution in [0, 0.1) is 17.8 Å². The standard InChI is InChI=1S/C16H18F3NO2/c17-16(18,19)10-4-1-3-9(7-10)13(21)8-20-15(22)14-11-5-2-6-12(11)14/h1,3-4,7,11-14,21H,2,5-6,8H2,(H,20,22)/t11-,12+,13-,14?/m1/s1. The molecule has 0 spiro atoms. The molecule has 0 heterocycles. The van der Waals surface area contributed by atoms with Gasteiger partial charge in [0.05, 0.1) is 11.7 Å². The second-order valence-corrected chi connectivity index (χ2v) is 6.17. The van der Waals surface area contributed by atoms with Crippen LogP contribution in [0.5, 0.6) is 0 Å². The van der Waals surface area contributed by atoms with Crippen molar-refractivity contribution in [2.24, 2.45) is 17.8 Å². The Morgan fingerprint density at radius 3 is 2.64 bits per heavy atom. The molecule has 3 rings (SSSR count). The lowest BCUT2D eigenvalue weighted by Crippen LogP contribution is -2.30. The number of carbonyl (C=O) groups excluding carboxylic acids is 1. The van der Waals surface area contributed by atoms with Crippen LogP contribution in [0.15, 0.2) is 24.3 Å². The highest BCUT2D eigenvalue weighted by molar-refractivity contribution is 5.82. The predicted octanol–water partition coefficient (Wildman–Crippen LogP) is 2.90. The van der Waals surface area contributed by atoms with E-state index in [1.807, 2.05) is 0 Å². The number of aliphatic hydroxyl groups is 1. The van der Waals surface area contributed by atoms with Crippen LogP contribution < -0.4 is 5.32 Å². The molecule has 3 nitrogen and oxygen atoms in total. The number of rotatable bonds is 4. The Morgan fingerprint density at radius 2 is 2.00 bits per heavy atom. The van der Waals surface area contributed by atoms with Crippen molar-refractivity contribution in [3.05, 3.63) is 35.4 Å². The molecular weight excluding hydrogens is 295 g/mol. The van der Waals surface area contributed by atoms with Crippen LogP contribution >= 0.6 is 0 Å². The van der Waals surface area contributed by atoms with Gasteiger partial charge in [-0.2, -0.15) is 13.2 Å². The third kappa shape index (κ3) is 2.97. The predicted molar refractivity (Wildman–Crippen MR) is 73.7 cm³/mol. The topological polar surface area (TPSA) is 49.3 Å². The fraction of sp³-hybridized carbons (Fsp3) is 0.562. The van der Waals surface area contributed by atoms with Crippen LogP contribution in [-0.4, -0.2) is 17.6 Å². The van der Waals surface area contributed by atoms with Gasteiger partial charge < -0.3 is 10.4 Å². The monoisotopic (exact) mass is 313 g/mol. The summed E-state index contributed by atoms with van der Waals surface area (Å²) in [5.41, 5.74) is -0.641. The van der Waals surface area contributed by atoms with Crippen molar-refractivity contribution in [3.63, 3.8) is 0 Å². The molecule has 2 aliphatic rings. The fourth-order valence-electron chi connectivity index (χ4n) is 3.57. The fourth-order valence-corrected chi connectivity index (χ4v) is 3.57. The molecular formula is C16H18F3NO2. The van der Waals surface area contributed by atoms with Crippen LogP contribution in [0.2, 0.25) is 0 Å². The minimum absolute atomic E-state index is 0.0439. The molecule has 1 aromatic rings. The van der Waals surface area contributed by atoms with Crippen LogP contribution in [0.3, 0.4) is 0 Å². The number of aliphatic hydroxyl groups excluding tert-OH is 1. The van der Waals surface area contributed by atoms with Crippen LogP contribution in [0.1, 0.15) is 36.5 Å². The summed E-state index contributed by atoms with van der Waals surface area (Å²) >= 11 is 0. The lowest BCUT2D eigenvalue weighted by molar-refractivity contribution is -0.137. The molecule has 0 aromatic heterocycles. The number of halogens is 3. The minimum atomic E-state index is -4.44. The first-order valence-corrected chi connectivity index (χ1v) is 7.51. The van der Waals surface area contributed by atoms with E-state index in [1.54, 1.807) is 0 Å². The number of carbonyl (C=O) groups is 1. The van der Waals surface area contributed by atoms with Crippen molar-refractivity contribution < 1.29 is 23.1 Å². The molecule has 2 fully saturated rings. The summed E-state index contributed by atoms with van der Waals surface area (Å²) in [6.07, 6.45) is -2.24. The number of alkyl halides is 3. The Morgan fingerprint density at radius 1 is 1.32 bits per heavy atom. The number of fused-ring (bicyclic) bond motifs is 1. The number of amides is 1. The van der Waals surface area contributed by atoms with Crippen molar-refractivity contribution in [2.45, 2.75) is 31.5 Å². The first-order chi connectivity index (χ1) is 10.4. The van der Waals surface area contributed by atoms with E-state index < -0.39 is 17.8 Å². The molecule has 0 radical (unpaired) electrons. The van der Waals surface area contributed by atoms with Gasteiger partial charge in [0, 0.05) is 12.5 Å². The number of nitrogens with one attached hydrogen (secondary N) is 1. The second kappa shape index (κ2) is 5.57. The summed E-state index contributed by atoms with van der Waals surface area (Å²) in [4.78, 5) is 12.0. The zero-order valence-electron chi connectivity index (χ0n) is 11.9. The van der Waals surface area contributed by atoms with Crippen molar-refractivity contribution in [2.75, 3.05) is 6.54 Å². The van der Waals surface area contributed by atoms with Gasteiger partial charge in [0.2, 0.25) is 5.91 Å². The average molecular weight is 313 g/mol. The highest BCUT2D eigenvalue weighted by Gasteiger charge is 2.56. The minimum Gasteiger partial charge on any atom is -0.387 e. The van der Waals surface area contributed by atoms with E-state index >= 15 is 0 Å². The Bertz CT molecular complexity index is 563. The summed E-state index contributed by atoms with van der Waals surface area (Å²) < 4.78 is 37.9. The molecule has 1 aromatic carbocycles. The lowest BCUT2D eigenvalue weighted by Gasteiger charge is -2.15. The summed E-state index contributed by atoms with van der Waals surface area (Å²) in [6, 6.07) is 4.56. The second-order valence-electron chi connectivity index (χ2n) is 6.17. The molecule has 0 bridgehead atoms. The van der Waals surface area contributed by atoms with E-state index in [4.69, 9.17) is 0 Å². The highest BCUT2D eigenvalue weighted by atomic mass is 19.4. The molecule has 2 N–H and O–H groups in total. The summed E-state index contributed by atoms with van der Waals surface area (Å²) in [5, 5.41) is 12.6. The van der Waals surface area contributed by atoms with Gasteiger partial charge in [0.15, 0.2) is 0 Å². The van der Waals surface area contributed by atoms with E-state index in [0.29, 0.717) is 11.8 Å². The van der Waals surface area contributed by atoms with Gasteiger partial charge in [-0.1, -0.05) is 18.6 Å². The molecule has 22 heavy (non-hydrogen) atoms. The van der Waals surface area contributed by atoms with E-state index in [9.17, 15) is 23.1 Å². The van der Waals surface area contributed by atoms with Gasteiger partial charge in [-0.05, 0) is 42.4 Å². The molecule has 120 valence electrons. The number of hydrogen-bond donors (Lipinski definition) is 2. The van der Waals surface area contributed by atoms with Gasteiger partial charge >= 0.3 is 6.18 Å². The maximum Gasteiger partial charge on any atom is 0.416 e. The van der Waals surface area contributed by atoms with E-state index in [2.05, 4.69) is 5.32 Å². The smallest absolute Gasteiger partial charge is 0.387 e. The average Bonchev–Trinajstić information content (AvgIpc) is 2.96. The zero-order chi connectivity index (χ0) is 15.9. The maximum atomic E-state index is 12.6. The van der Waals surface area contributed by atoms with Crippen molar-refractivity contribution in [1.82, 2.24) is 5.32 Å². The summed E-state index contributed by atoms with van der Waals surface area (Å²) in [7, 11) is 0. The summed E-state index contributed by atoms with van der Waals surface area (Å²) in [5.74, 6) is 0.916. The molecule has 6 heteroatoms. The van der Waals surface area contributed by atoms with Gasteiger partial charge in [0.25, 0.3) is 0 Å². The van der Waals surface area contributed by atoms with Crippen molar-refractivity contribution >= 4 is 5.91 Å². The SMILES string of the molecule is O=C(NC[C@@H](O)c1cccc(C(F)(F)F)c1)C1[C@H]2CCC[C@@H]12. The molecule has 0 aliphatic heterocycles. The van der Waals surface area contributed by atoms with Crippen LogP contribution in [0.4, 0.5) is 13.2 Å². The lowest BCUT2D eigenvalue weighted by atomic mass is 10.1. The third-order valence-electron chi connectivity index (χ3n) is 4.78. The molecule has 0 saturated heterocycles. The number of benzene rings is 1. The van der Waals surface area contributed by atoms with Crippen molar-refractivity contribution in [3.8, 4) is 0 Å². The summed E-state index contributed by atoms with van der Waals surface area (Å²) in [6.45, 7) is -0.0594. The Kier molecular flexibility index (Phi) is 3.89. The van der Waals surface area contributed by atoms with Gasteiger partial charge in [-0.15, -0.1) is 0 Å². The Labute approximate surface area is 126 Å². The number of hydrogen-bond acceptors (Lipinski definition) is 2. The van der Waals surface area contributed by atoms with Crippen molar-refractivity contribution in [1.29, 1.82) is 0 Å². The van der Waals surface area contributed by atoms with E-state index in [0.717, 1.165) is 25.0 Å². The van der Waals surface area contributed by atoms with Crippen LogP contribution in [-0.2, 0) is 11.0 Å². The Balaban J connectivity index is 1.56. The van der Waals surface area contributed by atoms with E-state index in [1.165, 1.54) is 18.6 Å². The van der Waals surface area contributed by atoms with E-state index in [-0.39, 0.29) is 23.9 Å². The Hall–Kier alpha value is -1.56. The molecule has 1 amide bonds. The molecule has 1 unspecified atom stereocenters. The third-order valence-corrected chi connectivity index (χ3v) is 4.78. The van der Waals surface area contributed by atoms with Gasteiger partial charge in [0.1, 0.15) is 0 Å². The maximum absolute atomic E-state index is 12.6.